The van der Waals surface area contributed by atoms with Gasteiger partial charge in [0.1, 0.15) is 0 Å². The summed E-state index contributed by atoms with van der Waals surface area (Å²) in [5.41, 5.74) is 0. The Morgan fingerprint density at radius 1 is 0.909 bits per heavy atom. The van der Waals surface area contributed by atoms with Crippen LogP contribution in [0.3, 0.4) is 0 Å². The first-order valence-corrected chi connectivity index (χ1v) is 9.81. The zero-order chi connectivity index (χ0) is 16.5. The number of alkyl halides is 1. The van der Waals surface area contributed by atoms with E-state index in [4.69, 9.17) is 14.2 Å². The molecule has 0 bridgehead atoms. The van der Waals surface area contributed by atoms with Gasteiger partial charge in [-0.05, 0) is 25.7 Å². The van der Waals surface area contributed by atoms with Crippen molar-refractivity contribution >= 4 is 21.9 Å². The predicted octanol–water partition coefficient (Wildman–Crippen LogP) is 4.83. The maximum atomic E-state index is 11.6. The van der Waals surface area contributed by atoms with Crippen LogP contribution in [0.25, 0.3) is 0 Å². The van der Waals surface area contributed by atoms with Gasteiger partial charge in [0.2, 0.25) is 0 Å². The molecule has 0 rings (SSSR count). The first-order valence-electron chi connectivity index (χ1n) is 8.69. The van der Waals surface area contributed by atoms with E-state index in [0.29, 0.717) is 32.7 Å². The molecule has 4 nitrogen and oxygen atoms in total. The van der Waals surface area contributed by atoms with Gasteiger partial charge < -0.3 is 14.2 Å². The number of rotatable bonds is 16. The lowest BCUT2D eigenvalue weighted by Gasteiger charge is -2.18. The SMILES string of the molecule is CCCCOC(CCOC(=O)CCCCCBr)OCCCC. The summed E-state index contributed by atoms with van der Waals surface area (Å²) >= 11 is 3.38. The molecule has 22 heavy (non-hydrogen) atoms. The summed E-state index contributed by atoms with van der Waals surface area (Å²) < 4.78 is 16.7. The molecule has 0 fully saturated rings. The minimum absolute atomic E-state index is 0.115. The van der Waals surface area contributed by atoms with E-state index in [9.17, 15) is 4.79 Å². The zero-order valence-electron chi connectivity index (χ0n) is 14.3. The second-order valence-corrected chi connectivity index (χ2v) is 6.18. The zero-order valence-corrected chi connectivity index (χ0v) is 15.9. The molecule has 0 aliphatic heterocycles. The van der Waals surface area contributed by atoms with E-state index >= 15 is 0 Å². The third-order valence-electron chi connectivity index (χ3n) is 3.23. The largest absolute Gasteiger partial charge is 0.465 e. The van der Waals surface area contributed by atoms with Gasteiger partial charge in [-0.3, -0.25) is 4.79 Å². The fourth-order valence-electron chi connectivity index (χ4n) is 1.81. The number of halogens is 1. The lowest BCUT2D eigenvalue weighted by Crippen LogP contribution is -2.21. The first-order chi connectivity index (χ1) is 10.7. The highest BCUT2D eigenvalue weighted by Gasteiger charge is 2.11. The molecule has 0 aliphatic rings. The minimum atomic E-state index is -0.251. The highest BCUT2D eigenvalue weighted by Crippen LogP contribution is 2.07. The first kappa shape index (κ1) is 21.9. The van der Waals surface area contributed by atoms with Crippen molar-refractivity contribution in [1.82, 2.24) is 0 Å². The van der Waals surface area contributed by atoms with E-state index < -0.39 is 0 Å². The summed E-state index contributed by atoms with van der Waals surface area (Å²) in [6, 6.07) is 0. The third kappa shape index (κ3) is 14.8. The van der Waals surface area contributed by atoms with E-state index in [-0.39, 0.29) is 12.3 Å². The number of hydrogen-bond donors (Lipinski definition) is 0. The summed E-state index contributed by atoms with van der Waals surface area (Å²) in [4.78, 5) is 11.6. The average molecular weight is 381 g/mol. The molecule has 0 aromatic heterocycles. The minimum Gasteiger partial charge on any atom is -0.465 e. The topological polar surface area (TPSA) is 44.8 Å². The average Bonchev–Trinajstić information content (AvgIpc) is 2.51. The summed E-state index contributed by atoms with van der Waals surface area (Å²) in [5.74, 6) is -0.115. The molecule has 0 saturated carbocycles. The van der Waals surface area contributed by atoms with Crippen molar-refractivity contribution in [3.63, 3.8) is 0 Å². The number of ether oxygens (including phenoxy) is 3. The molecule has 0 aromatic rings. The summed E-state index contributed by atoms with van der Waals surface area (Å²) in [5, 5.41) is 0.994. The molecule has 0 aromatic carbocycles. The van der Waals surface area contributed by atoms with Crippen LogP contribution in [-0.4, -0.2) is 37.4 Å². The van der Waals surface area contributed by atoms with E-state index in [0.717, 1.165) is 50.3 Å². The van der Waals surface area contributed by atoms with Crippen molar-refractivity contribution in [1.29, 1.82) is 0 Å². The molecule has 132 valence electrons. The Labute approximate surface area is 144 Å². The normalized spacial score (nSPS) is 11.1. The molecular formula is C17H33BrO4. The molecule has 0 spiro atoms. The second kappa shape index (κ2) is 17.2. The van der Waals surface area contributed by atoms with E-state index in [1.54, 1.807) is 0 Å². The van der Waals surface area contributed by atoms with Gasteiger partial charge in [0.15, 0.2) is 6.29 Å². The molecule has 0 amide bonds. The number of carbonyl (C=O) groups is 1. The van der Waals surface area contributed by atoms with Gasteiger partial charge in [0, 0.05) is 31.4 Å². The highest BCUT2D eigenvalue weighted by atomic mass is 79.9. The number of unbranched alkanes of at least 4 members (excludes halogenated alkanes) is 4. The van der Waals surface area contributed by atoms with E-state index in [2.05, 4.69) is 29.8 Å². The Bertz CT molecular complexity index is 239. The molecule has 0 saturated heterocycles. The monoisotopic (exact) mass is 380 g/mol. The Morgan fingerprint density at radius 3 is 2.09 bits per heavy atom. The standard InChI is InChI=1S/C17H33BrO4/c1-3-5-13-21-17(22-14-6-4-2)11-15-20-16(19)10-8-7-9-12-18/h17H,3-15H2,1-2H3. The van der Waals surface area contributed by atoms with Crippen molar-refractivity contribution in [2.75, 3.05) is 25.2 Å². The third-order valence-corrected chi connectivity index (χ3v) is 3.80. The van der Waals surface area contributed by atoms with Crippen LogP contribution in [0, 0.1) is 0 Å². The Morgan fingerprint density at radius 2 is 1.55 bits per heavy atom. The summed E-state index contributed by atoms with van der Waals surface area (Å²) in [6.45, 7) is 6.04. The van der Waals surface area contributed by atoms with Gasteiger partial charge >= 0.3 is 5.97 Å². The van der Waals surface area contributed by atoms with Crippen LogP contribution < -0.4 is 0 Å². The number of hydrogen-bond acceptors (Lipinski definition) is 4. The van der Waals surface area contributed by atoms with Crippen molar-refractivity contribution in [3.8, 4) is 0 Å². The van der Waals surface area contributed by atoms with Crippen LogP contribution >= 0.6 is 15.9 Å². The number of carbonyl (C=O) groups excluding carboxylic acids is 1. The molecule has 0 heterocycles. The van der Waals surface area contributed by atoms with Crippen molar-refractivity contribution < 1.29 is 19.0 Å². The number of esters is 1. The molecule has 5 heteroatoms. The van der Waals surface area contributed by atoms with Crippen LogP contribution in [0.1, 0.15) is 71.6 Å². The summed E-state index contributed by atoms with van der Waals surface area (Å²) in [7, 11) is 0. The smallest absolute Gasteiger partial charge is 0.305 e. The van der Waals surface area contributed by atoms with E-state index in [1.165, 1.54) is 0 Å². The highest BCUT2D eigenvalue weighted by molar-refractivity contribution is 9.09. The van der Waals surface area contributed by atoms with Crippen LogP contribution in [-0.2, 0) is 19.0 Å². The van der Waals surface area contributed by atoms with Gasteiger partial charge in [-0.15, -0.1) is 0 Å². The van der Waals surface area contributed by atoms with Crippen molar-refractivity contribution in [3.05, 3.63) is 0 Å². The van der Waals surface area contributed by atoms with Gasteiger partial charge in [-0.25, -0.2) is 0 Å². The van der Waals surface area contributed by atoms with Crippen molar-refractivity contribution in [2.45, 2.75) is 77.9 Å². The lowest BCUT2D eigenvalue weighted by atomic mass is 10.2. The molecule has 0 atom stereocenters. The lowest BCUT2D eigenvalue weighted by molar-refractivity contribution is -0.161. The maximum Gasteiger partial charge on any atom is 0.305 e. The molecule has 0 N–H and O–H groups in total. The quantitative estimate of drug-likeness (QED) is 0.166. The molecule has 0 aliphatic carbocycles. The van der Waals surface area contributed by atoms with Gasteiger partial charge in [0.05, 0.1) is 6.61 Å². The van der Waals surface area contributed by atoms with Gasteiger partial charge in [-0.2, -0.15) is 0 Å². The molecule has 0 radical (unpaired) electrons. The Kier molecular flexibility index (Phi) is 17.1. The predicted molar refractivity (Wildman–Crippen MR) is 93.3 cm³/mol. The Hall–Kier alpha value is -0.130. The maximum absolute atomic E-state index is 11.6. The fraction of sp³-hybridized carbons (Fsp3) is 0.941. The molecule has 0 unspecified atom stereocenters. The van der Waals surface area contributed by atoms with Crippen LogP contribution in [0.15, 0.2) is 0 Å². The summed E-state index contributed by atoms with van der Waals surface area (Å²) in [6.07, 6.45) is 8.19. The van der Waals surface area contributed by atoms with Crippen LogP contribution in [0.5, 0.6) is 0 Å². The van der Waals surface area contributed by atoms with Gasteiger partial charge in [0.25, 0.3) is 0 Å². The van der Waals surface area contributed by atoms with Crippen LogP contribution in [0.4, 0.5) is 0 Å². The molecular weight excluding hydrogens is 348 g/mol. The fourth-order valence-corrected chi connectivity index (χ4v) is 2.21. The second-order valence-electron chi connectivity index (χ2n) is 5.39. The van der Waals surface area contributed by atoms with Crippen LogP contribution in [0.2, 0.25) is 0 Å². The van der Waals surface area contributed by atoms with Gasteiger partial charge in [-0.1, -0.05) is 49.0 Å². The van der Waals surface area contributed by atoms with E-state index in [1.807, 2.05) is 0 Å². The van der Waals surface area contributed by atoms with Crippen molar-refractivity contribution in [2.24, 2.45) is 0 Å². The Balaban J connectivity index is 3.76.